The SMILES string of the molecule is CCCCNC(=O)[C@@H](Cc1ccccc1)N(Cc1ccc(Cl)cc1Cl)C(=O)CN(c1cccc(C)c1C)S(=O)(=O)c1ccccc1. The molecule has 0 saturated carbocycles. The fraction of sp³-hybridized carbons (Fsp3) is 0.278. The third-order valence-corrected chi connectivity index (χ3v) is 10.3. The van der Waals surface area contributed by atoms with Crippen molar-refractivity contribution in [2.45, 2.75) is 57.5 Å². The molecule has 0 aliphatic rings. The van der Waals surface area contributed by atoms with E-state index in [4.69, 9.17) is 23.2 Å². The first-order chi connectivity index (χ1) is 22.0. The first kappa shape index (κ1) is 35.0. The molecule has 4 aromatic carbocycles. The number of sulfonamides is 1. The Morgan fingerprint density at radius 3 is 2.20 bits per heavy atom. The zero-order valence-corrected chi connectivity index (χ0v) is 28.6. The normalized spacial score (nSPS) is 11.9. The molecule has 0 saturated heterocycles. The number of anilines is 1. The number of nitrogens with zero attached hydrogens (tertiary/aromatic N) is 2. The lowest BCUT2D eigenvalue weighted by molar-refractivity contribution is -0.140. The van der Waals surface area contributed by atoms with E-state index in [1.165, 1.54) is 17.0 Å². The minimum Gasteiger partial charge on any atom is -0.354 e. The molecule has 7 nitrogen and oxygen atoms in total. The Morgan fingerprint density at radius 1 is 0.870 bits per heavy atom. The van der Waals surface area contributed by atoms with Crippen LogP contribution in [0.3, 0.4) is 0 Å². The second kappa shape index (κ2) is 16.1. The van der Waals surface area contributed by atoms with E-state index in [1.807, 2.05) is 57.2 Å². The van der Waals surface area contributed by atoms with Crippen molar-refractivity contribution in [2.75, 3.05) is 17.4 Å². The molecule has 1 N–H and O–H groups in total. The Balaban J connectivity index is 1.83. The fourth-order valence-corrected chi connectivity index (χ4v) is 7.09. The average Bonchev–Trinajstić information content (AvgIpc) is 3.04. The molecule has 46 heavy (non-hydrogen) atoms. The molecule has 0 spiro atoms. The second-order valence-electron chi connectivity index (χ2n) is 11.2. The average molecular weight is 681 g/mol. The van der Waals surface area contributed by atoms with Crippen LogP contribution in [0.2, 0.25) is 10.0 Å². The molecule has 0 fully saturated rings. The van der Waals surface area contributed by atoms with Crippen molar-refractivity contribution in [2.24, 2.45) is 0 Å². The zero-order chi connectivity index (χ0) is 33.3. The van der Waals surface area contributed by atoms with Crippen molar-refractivity contribution < 1.29 is 18.0 Å². The highest BCUT2D eigenvalue weighted by Crippen LogP contribution is 2.30. The highest BCUT2D eigenvalue weighted by atomic mass is 35.5. The van der Waals surface area contributed by atoms with Gasteiger partial charge in [0.05, 0.1) is 10.6 Å². The number of aryl methyl sites for hydroxylation is 1. The van der Waals surface area contributed by atoms with Crippen molar-refractivity contribution in [3.8, 4) is 0 Å². The highest BCUT2D eigenvalue weighted by Gasteiger charge is 2.35. The van der Waals surface area contributed by atoms with Crippen molar-refractivity contribution in [3.05, 3.63) is 129 Å². The van der Waals surface area contributed by atoms with Gasteiger partial charge < -0.3 is 10.2 Å². The van der Waals surface area contributed by atoms with Gasteiger partial charge >= 0.3 is 0 Å². The van der Waals surface area contributed by atoms with E-state index in [-0.39, 0.29) is 23.8 Å². The van der Waals surface area contributed by atoms with Crippen LogP contribution in [0, 0.1) is 13.8 Å². The van der Waals surface area contributed by atoms with E-state index in [9.17, 15) is 18.0 Å². The first-order valence-electron chi connectivity index (χ1n) is 15.2. The maximum absolute atomic E-state index is 14.6. The van der Waals surface area contributed by atoms with E-state index in [0.29, 0.717) is 27.8 Å². The summed E-state index contributed by atoms with van der Waals surface area (Å²) in [6.45, 7) is 5.61. The number of carbonyl (C=O) groups is 2. The van der Waals surface area contributed by atoms with Crippen molar-refractivity contribution in [3.63, 3.8) is 0 Å². The van der Waals surface area contributed by atoms with Gasteiger partial charge in [0.25, 0.3) is 10.0 Å². The topological polar surface area (TPSA) is 86.8 Å². The molecule has 242 valence electrons. The Labute approximate surface area is 282 Å². The quantitative estimate of drug-likeness (QED) is 0.141. The molecule has 0 radical (unpaired) electrons. The summed E-state index contributed by atoms with van der Waals surface area (Å²) in [6.07, 6.45) is 1.87. The summed E-state index contributed by atoms with van der Waals surface area (Å²) in [7, 11) is -4.19. The summed E-state index contributed by atoms with van der Waals surface area (Å²) >= 11 is 12.8. The molecule has 0 aliphatic heterocycles. The third kappa shape index (κ3) is 8.69. The number of rotatable bonds is 14. The van der Waals surface area contributed by atoms with Gasteiger partial charge in [-0.2, -0.15) is 0 Å². The van der Waals surface area contributed by atoms with Gasteiger partial charge in [-0.15, -0.1) is 0 Å². The number of carbonyl (C=O) groups excluding carboxylic acids is 2. The number of amides is 2. The molecule has 0 aliphatic carbocycles. The Bertz CT molecular complexity index is 1750. The van der Waals surface area contributed by atoms with Crippen LogP contribution in [0.5, 0.6) is 0 Å². The number of halogens is 2. The smallest absolute Gasteiger partial charge is 0.264 e. The van der Waals surface area contributed by atoms with Gasteiger partial charge in [0.2, 0.25) is 11.8 Å². The summed E-state index contributed by atoms with van der Waals surface area (Å²) in [5.74, 6) is -0.891. The van der Waals surface area contributed by atoms with Crippen LogP contribution in [-0.4, -0.2) is 44.3 Å². The van der Waals surface area contributed by atoms with Crippen molar-refractivity contribution >= 4 is 50.7 Å². The molecule has 0 bridgehead atoms. The van der Waals surface area contributed by atoms with Crippen LogP contribution >= 0.6 is 23.2 Å². The van der Waals surface area contributed by atoms with E-state index in [2.05, 4.69) is 5.32 Å². The maximum atomic E-state index is 14.6. The minimum absolute atomic E-state index is 0.0421. The van der Waals surface area contributed by atoms with Crippen molar-refractivity contribution in [1.82, 2.24) is 10.2 Å². The standard InChI is InChI=1S/C36H39Cl2N3O4S/c1-4-5-21-39-36(43)34(22-28-14-8-6-9-15-28)40(24-29-19-20-30(37)23-32(29)38)35(42)25-41(33-18-12-13-26(2)27(33)3)46(44,45)31-16-10-7-11-17-31/h6-20,23,34H,4-5,21-22,24-25H2,1-3H3,(H,39,43)/t34-/m1/s1. The summed E-state index contributed by atoms with van der Waals surface area (Å²) in [6, 6.07) is 26.8. The molecular weight excluding hydrogens is 641 g/mol. The third-order valence-electron chi connectivity index (χ3n) is 7.91. The lowest BCUT2D eigenvalue weighted by Crippen LogP contribution is -2.53. The number of hydrogen-bond acceptors (Lipinski definition) is 4. The number of hydrogen-bond donors (Lipinski definition) is 1. The minimum atomic E-state index is -4.19. The summed E-state index contributed by atoms with van der Waals surface area (Å²) in [5, 5.41) is 3.75. The van der Waals surface area contributed by atoms with E-state index in [0.717, 1.165) is 33.8 Å². The zero-order valence-electron chi connectivity index (χ0n) is 26.2. The number of benzene rings is 4. The molecule has 4 rings (SSSR count). The molecule has 2 amide bonds. The number of nitrogens with one attached hydrogen (secondary N) is 1. The first-order valence-corrected chi connectivity index (χ1v) is 17.4. The predicted molar refractivity (Wildman–Crippen MR) is 186 cm³/mol. The molecular formula is C36H39Cl2N3O4S. The molecule has 1 atom stereocenters. The summed E-state index contributed by atoms with van der Waals surface area (Å²) in [5.41, 5.74) is 3.40. The fourth-order valence-electron chi connectivity index (χ4n) is 5.13. The predicted octanol–water partition coefficient (Wildman–Crippen LogP) is 7.36. The van der Waals surface area contributed by atoms with Crippen LogP contribution in [0.4, 0.5) is 5.69 Å². The van der Waals surface area contributed by atoms with Crippen LogP contribution in [-0.2, 0) is 32.6 Å². The monoisotopic (exact) mass is 679 g/mol. The van der Waals surface area contributed by atoms with Crippen LogP contribution in [0.1, 0.15) is 42.0 Å². The summed E-state index contributed by atoms with van der Waals surface area (Å²) in [4.78, 5) is 30.0. The van der Waals surface area contributed by atoms with Gasteiger partial charge in [0, 0.05) is 29.6 Å². The Morgan fingerprint density at radius 2 is 1.54 bits per heavy atom. The second-order valence-corrected chi connectivity index (χ2v) is 13.9. The van der Waals surface area contributed by atoms with E-state index in [1.54, 1.807) is 48.5 Å². The van der Waals surface area contributed by atoms with E-state index >= 15 is 0 Å². The Kier molecular flexibility index (Phi) is 12.3. The number of unbranched alkanes of at least 4 members (excludes halogenated alkanes) is 1. The van der Waals surface area contributed by atoms with E-state index < -0.39 is 28.5 Å². The molecule has 4 aromatic rings. The van der Waals surface area contributed by atoms with Crippen LogP contribution < -0.4 is 9.62 Å². The maximum Gasteiger partial charge on any atom is 0.264 e. The van der Waals surface area contributed by atoms with Gasteiger partial charge in [-0.25, -0.2) is 8.42 Å². The Hall–Kier alpha value is -3.85. The van der Waals surface area contributed by atoms with Crippen LogP contribution in [0.25, 0.3) is 0 Å². The van der Waals surface area contributed by atoms with Gasteiger partial charge in [-0.3, -0.25) is 13.9 Å². The summed E-state index contributed by atoms with van der Waals surface area (Å²) < 4.78 is 29.6. The van der Waals surface area contributed by atoms with Crippen molar-refractivity contribution in [1.29, 1.82) is 0 Å². The lowest BCUT2D eigenvalue weighted by atomic mass is 10.0. The van der Waals surface area contributed by atoms with Gasteiger partial charge in [0.1, 0.15) is 12.6 Å². The lowest BCUT2D eigenvalue weighted by Gasteiger charge is -2.34. The largest absolute Gasteiger partial charge is 0.354 e. The molecule has 10 heteroatoms. The molecule has 0 heterocycles. The van der Waals surface area contributed by atoms with Gasteiger partial charge in [-0.05, 0) is 72.9 Å². The molecule has 0 unspecified atom stereocenters. The van der Waals surface area contributed by atoms with Gasteiger partial charge in [-0.1, -0.05) is 103 Å². The van der Waals surface area contributed by atoms with Crippen LogP contribution in [0.15, 0.2) is 102 Å². The van der Waals surface area contributed by atoms with Gasteiger partial charge in [0.15, 0.2) is 0 Å². The molecule has 0 aromatic heterocycles. The highest BCUT2D eigenvalue weighted by molar-refractivity contribution is 7.92.